The van der Waals surface area contributed by atoms with Crippen molar-refractivity contribution in [1.82, 2.24) is 5.32 Å². The monoisotopic (exact) mass is 295 g/mol. The lowest BCUT2D eigenvalue weighted by Crippen LogP contribution is -2.26. The molecular weight excluding hydrogens is 265 g/mol. The van der Waals surface area contributed by atoms with Gasteiger partial charge in [0, 0.05) is 13.2 Å². The lowest BCUT2D eigenvalue weighted by molar-refractivity contribution is 0.117. The summed E-state index contributed by atoms with van der Waals surface area (Å²) in [4.78, 5) is 0. The minimum Gasteiger partial charge on any atom is -0.381 e. The highest BCUT2D eigenvalue weighted by atomic mass is 19.1. The number of hydrogen-bond acceptors (Lipinski definition) is 2. The molecule has 3 heteroatoms. The highest BCUT2D eigenvalue weighted by Crippen LogP contribution is 2.13. The van der Waals surface area contributed by atoms with Gasteiger partial charge in [-0.25, -0.2) is 4.39 Å². The van der Waals surface area contributed by atoms with Crippen LogP contribution >= 0.6 is 0 Å². The molecule has 0 aliphatic heterocycles. The maximum absolute atomic E-state index is 13.0. The van der Waals surface area contributed by atoms with Gasteiger partial charge in [-0.05, 0) is 62.4 Å². The van der Waals surface area contributed by atoms with E-state index < -0.39 is 0 Å². The third-order valence-electron chi connectivity index (χ3n) is 3.61. The maximum Gasteiger partial charge on any atom is 0.123 e. The predicted octanol–water partition coefficient (Wildman–Crippen LogP) is 4.19. The normalized spacial score (nSPS) is 12.5. The molecule has 2 nitrogen and oxygen atoms in total. The summed E-state index contributed by atoms with van der Waals surface area (Å²) in [5.74, 6) is 0.381. The van der Waals surface area contributed by atoms with Gasteiger partial charge in [-0.3, -0.25) is 0 Å². The molecule has 0 aliphatic rings. The van der Waals surface area contributed by atoms with Crippen LogP contribution in [0, 0.1) is 11.7 Å². The highest BCUT2D eigenvalue weighted by Gasteiger charge is 2.10. The van der Waals surface area contributed by atoms with Crippen molar-refractivity contribution >= 4 is 0 Å². The predicted molar refractivity (Wildman–Crippen MR) is 87.1 cm³/mol. The summed E-state index contributed by atoms with van der Waals surface area (Å²) < 4.78 is 18.6. The van der Waals surface area contributed by atoms with Crippen molar-refractivity contribution in [1.29, 1.82) is 0 Å². The van der Waals surface area contributed by atoms with Crippen LogP contribution in [0.3, 0.4) is 0 Å². The fourth-order valence-electron chi connectivity index (χ4n) is 2.31. The van der Waals surface area contributed by atoms with Crippen molar-refractivity contribution in [3.8, 4) is 0 Å². The molecule has 1 aromatic rings. The molecule has 0 heterocycles. The van der Waals surface area contributed by atoms with Gasteiger partial charge in [-0.15, -0.1) is 0 Å². The Bertz CT molecular complexity index is 353. The molecule has 21 heavy (non-hydrogen) atoms. The van der Waals surface area contributed by atoms with Crippen LogP contribution in [-0.2, 0) is 11.2 Å². The molecule has 0 radical (unpaired) electrons. The van der Waals surface area contributed by atoms with Gasteiger partial charge in [0.25, 0.3) is 0 Å². The molecule has 1 unspecified atom stereocenters. The Morgan fingerprint density at radius 3 is 2.52 bits per heavy atom. The van der Waals surface area contributed by atoms with Crippen LogP contribution < -0.4 is 5.32 Å². The lowest BCUT2D eigenvalue weighted by Gasteiger charge is -2.18. The van der Waals surface area contributed by atoms with E-state index in [9.17, 15) is 4.39 Å². The number of benzene rings is 1. The van der Waals surface area contributed by atoms with Gasteiger partial charge in [0.05, 0.1) is 0 Å². The Morgan fingerprint density at radius 2 is 1.86 bits per heavy atom. The van der Waals surface area contributed by atoms with E-state index in [0.717, 1.165) is 52.0 Å². The zero-order valence-corrected chi connectivity index (χ0v) is 13.5. The molecule has 0 aliphatic carbocycles. The second-order valence-corrected chi connectivity index (χ2v) is 5.66. The number of rotatable bonds is 12. The second-order valence-electron chi connectivity index (χ2n) is 5.66. The van der Waals surface area contributed by atoms with Crippen molar-refractivity contribution in [2.45, 2.75) is 46.0 Å². The van der Waals surface area contributed by atoms with Gasteiger partial charge in [0.2, 0.25) is 0 Å². The highest BCUT2D eigenvalue weighted by molar-refractivity contribution is 5.16. The van der Waals surface area contributed by atoms with Crippen LogP contribution in [-0.4, -0.2) is 26.3 Å². The van der Waals surface area contributed by atoms with E-state index in [0.29, 0.717) is 5.92 Å². The molecule has 0 amide bonds. The van der Waals surface area contributed by atoms with E-state index in [4.69, 9.17) is 4.74 Å². The molecule has 120 valence electrons. The largest absolute Gasteiger partial charge is 0.381 e. The summed E-state index contributed by atoms with van der Waals surface area (Å²) in [5.41, 5.74) is 1.20. The van der Waals surface area contributed by atoms with Crippen molar-refractivity contribution < 1.29 is 9.13 Å². The van der Waals surface area contributed by atoms with E-state index in [-0.39, 0.29) is 5.82 Å². The lowest BCUT2D eigenvalue weighted by atomic mass is 9.96. The van der Waals surface area contributed by atoms with Crippen LogP contribution in [0.25, 0.3) is 0 Å². The molecule has 1 rings (SSSR count). The molecule has 0 saturated carbocycles. The molecule has 1 N–H and O–H groups in total. The van der Waals surface area contributed by atoms with Crippen LogP contribution in [0.4, 0.5) is 4.39 Å². The average molecular weight is 295 g/mol. The summed E-state index contributed by atoms with van der Waals surface area (Å²) >= 11 is 0. The minimum absolute atomic E-state index is 0.165. The summed E-state index contributed by atoms with van der Waals surface area (Å²) in [6.45, 7) is 8.09. The van der Waals surface area contributed by atoms with E-state index in [2.05, 4.69) is 19.2 Å². The Labute approximate surface area is 129 Å². The third kappa shape index (κ3) is 8.84. The Balaban J connectivity index is 2.37. The number of halogens is 1. The quantitative estimate of drug-likeness (QED) is 0.584. The van der Waals surface area contributed by atoms with Gasteiger partial charge in [0.15, 0.2) is 0 Å². The molecule has 0 aromatic heterocycles. The van der Waals surface area contributed by atoms with Gasteiger partial charge in [0.1, 0.15) is 5.82 Å². The summed E-state index contributed by atoms with van der Waals surface area (Å²) in [5, 5.41) is 3.49. The maximum atomic E-state index is 13.0. The van der Waals surface area contributed by atoms with Gasteiger partial charge < -0.3 is 10.1 Å². The topological polar surface area (TPSA) is 21.3 Å². The molecule has 0 bridgehead atoms. The summed E-state index contributed by atoms with van der Waals surface area (Å²) in [6.07, 6.45) is 5.50. The Morgan fingerprint density at radius 1 is 1.10 bits per heavy atom. The first-order valence-electron chi connectivity index (χ1n) is 8.29. The zero-order chi connectivity index (χ0) is 15.3. The molecule has 0 fully saturated rings. The Hall–Kier alpha value is -0.930. The van der Waals surface area contributed by atoms with Gasteiger partial charge in [-0.1, -0.05) is 32.4 Å². The molecule has 0 spiro atoms. The van der Waals surface area contributed by atoms with Crippen LogP contribution in [0.15, 0.2) is 24.3 Å². The average Bonchev–Trinajstić information content (AvgIpc) is 2.49. The standard InChI is InChI=1S/C18H30FNO/c1-3-5-12-21-13-10-17(15-20-11-4-2)14-16-6-8-18(19)9-7-16/h6-9,17,20H,3-5,10-15H2,1-2H3. The smallest absolute Gasteiger partial charge is 0.123 e. The van der Waals surface area contributed by atoms with E-state index in [1.54, 1.807) is 12.1 Å². The van der Waals surface area contributed by atoms with E-state index >= 15 is 0 Å². The van der Waals surface area contributed by atoms with Crippen molar-refractivity contribution in [2.24, 2.45) is 5.92 Å². The fraction of sp³-hybridized carbons (Fsp3) is 0.667. The molecule has 0 saturated heterocycles. The van der Waals surface area contributed by atoms with E-state index in [1.165, 1.54) is 12.0 Å². The van der Waals surface area contributed by atoms with Crippen molar-refractivity contribution in [3.63, 3.8) is 0 Å². The molecule has 1 atom stereocenters. The SMILES string of the molecule is CCCCOCCC(CNCCC)Cc1ccc(F)cc1. The Kier molecular flexibility index (Phi) is 10.1. The second kappa shape index (κ2) is 11.7. The van der Waals surface area contributed by atoms with Crippen LogP contribution in [0.2, 0.25) is 0 Å². The fourth-order valence-corrected chi connectivity index (χ4v) is 2.31. The third-order valence-corrected chi connectivity index (χ3v) is 3.61. The van der Waals surface area contributed by atoms with Crippen LogP contribution in [0.5, 0.6) is 0 Å². The summed E-state index contributed by atoms with van der Waals surface area (Å²) in [7, 11) is 0. The molecular formula is C18H30FNO. The number of ether oxygens (including phenoxy) is 1. The first-order chi connectivity index (χ1) is 10.3. The van der Waals surface area contributed by atoms with Gasteiger partial charge >= 0.3 is 0 Å². The zero-order valence-electron chi connectivity index (χ0n) is 13.5. The van der Waals surface area contributed by atoms with E-state index in [1.807, 2.05) is 12.1 Å². The first-order valence-corrected chi connectivity index (χ1v) is 8.29. The van der Waals surface area contributed by atoms with Crippen molar-refractivity contribution in [3.05, 3.63) is 35.6 Å². The number of nitrogens with one attached hydrogen (secondary N) is 1. The first kappa shape index (κ1) is 18.1. The van der Waals surface area contributed by atoms with Gasteiger partial charge in [-0.2, -0.15) is 0 Å². The number of hydrogen-bond donors (Lipinski definition) is 1. The van der Waals surface area contributed by atoms with Crippen molar-refractivity contribution in [2.75, 3.05) is 26.3 Å². The molecule has 1 aromatic carbocycles. The van der Waals surface area contributed by atoms with Crippen LogP contribution in [0.1, 0.15) is 45.1 Å². The number of unbranched alkanes of at least 4 members (excludes halogenated alkanes) is 1. The minimum atomic E-state index is -0.165. The summed E-state index contributed by atoms with van der Waals surface area (Å²) in [6, 6.07) is 6.87.